The van der Waals surface area contributed by atoms with Crippen molar-refractivity contribution in [1.29, 1.82) is 4.78 Å². The van der Waals surface area contributed by atoms with E-state index in [-0.39, 0.29) is 11.7 Å². The topological polar surface area (TPSA) is 91.9 Å². The maximum absolute atomic E-state index is 13.4. The molecule has 0 fully saturated rings. The van der Waals surface area contributed by atoms with Crippen LogP contribution >= 0.6 is 0 Å². The Morgan fingerprint density at radius 1 is 1.48 bits per heavy atom. The minimum Gasteiger partial charge on any atom is -0.309 e. The molecule has 2 heterocycles. The summed E-state index contributed by atoms with van der Waals surface area (Å²) in [5, 5.41) is 4.33. The lowest BCUT2D eigenvalue weighted by molar-refractivity contribution is -0.121. The van der Waals surface area contributed by atoms with Gasteiger partial charge in [0, 0.05) is 40.3 Å². The number of pyridine rings is 1. The largest absolute Gasteiger partial charge is 0.309 e. The predicted molar refractivity (Wildman–Crippen MR) is 94.9 cm³/mol. The summed E-state index contributed by atoms with van der Waals surface area (Å²) in [5.41, 5.74) is 1.65. The van der Waals surface area contributed by atoms with Gasteiger partial charge in [-0.1, -0.05) is 6.92 Å². The predicted octanol–water partition coefficient (Wildman–Crippen LogP) is 2.38. The number of halogens is 1. The van der Waals surface area contributed by atoms with Crippen molar-refractivity contribution in [2.24, 2.45) is 5.92 Å². The fourth-order valence-electron chi connectivity index (χ4n) is 2.63. The van der Waals surface area contributed by atoms with E-state index in [0.29, 0.717) is 23.6 Å². The fourth-order valence-corrected chi connectivity index (χ4v) is 3.73. The summed E-state index contributed by atoms with van der Waals surface area (Å²) < 4.78 is 34.0. The second-order valence-corrected chi connectivity index (χ2v) is 8.40. The van der Waals surface area contributed by atoms with Gasteiger partial charge in [0.2, 0.25) is 5.91 Å². The van der Waals surface area contributed by atoms with Crippen LogP contribution in [0.25, 0.3) is 5.69 Å². The van der Waals surface area contributed by atoms with Gasteiger partial charge in [-0.2, -0.15) is 5.10 Å². The summed E-state index contributed by atoms with van der Waals surface area (Å²) in [5.74, 6) is -1.24. The molecule has 2 aromatic heterocycles. The third-order valence-electron chi connectivity index (χ3n) is 3.69. The molecule has 0 saturated carbocycles. The molecular formula is C16H22FN5O2S. The second kappa shape index (κ2) is 7.30. The molecule has 0 bridgehead atoms. The van der Waals surface area contributed by atoms with Crippen LogP contribution in [0, 0.1) is 23.4 Å². The van der Waals surface area contributed by atoms with Gasteiger partial charge in [0.25, 0.3) is 0 Å². The molecule has 0 spiro atoms. The van der Waals surface area contributed by atoms with Gasteiger partial charge in [-0.05, 0) is 13.8 Å². The number of carbonyl (C=O) groups is 1. The third kappa shape index (κ3) is 4.62. The van der Waals surface area contributed by atoms with Crippen molar-refractivity contribution in [3.8, 4) is 5.69 Å². The van der Waals surface area contributed by atoms with Gasteiger partial charge in [0.15, 0.2) is 0 Å². The molecule has 9 heteroatoms. The summed E-state index contributed by atoms with van der Waals surface area (Å²) >= 11 is 0. The molecule has 25 heavy (non-hydrogen) atoms. The van der Waals surface area contributed by atoms with Crippen molar-refractivity contribution in [2.45, 2.75) is 20.8 Å². The SMILES string of the molecule is CCN(C(=O)C(C)CS(C)(=N)=O)c1cn(-c2cncc(F)c2)nc1C. The molecule has 2 rings (SSSR count). The molecule has 2 atom stereocenters. The monoisotopic (exact) mass is 367 g/mol. The van der Waals surface area contributed by atoms with Crippen LogP contribution in [0.2, 0.25) is 0 Å². The molecule has 0 radical (unpaired) electrons. The van der Waals surface area contributed by atoms with Gasteiger partial charge in [-0.15, -0.1) is 0 Å². The first kappa shape index (κ1) is 19.0. The average molecular weight is 367 g/mol. The number of aromatic nitrogens is 3. The van der Waals surface area contributed by atoms with Crippen LogP contribution in [0.15, 0.2) is 24.7 Å². The molecule has 2 aromatic rings. The first-order valence-corrected chi connectivity index (χ1v) is 9.96. The highest BCUT2D eigenvalue weighted by Crippen LogP contribution is 2.23. The minimum atomic E-state index is -2.76. The maximum Gasteiger partial charge on any atom is 0.230 e. The Labute approximate surface area is 146 Å². The number of carbonyl (C=O) groups excluding carboxylic acids is 1. The molecule has 136 valence electrons. The Bertz CT molecular complexity index is 878. The quantitative estimate of drug-likeness (QED) is 0.848. The van der Waals surface area contributed by atoms with Crippen LogP contribution in [0.3, 0.4) is 0 Å². The lowest BCUT2D eigenvalue weighted by atomic mass is 10.1. The number of nitrogens with zero attached hydrogens (tertiary/aromatic N) is 4. The summed E-state index contributed by atoms with van der Waals surface area (Å²) in [6, 6.07) is 1.30. The van der Waals surface area contributed by atoms with E-state index in [9.17, 15) is 13.4 Å². The summed E-state index contributed by atoms with van der Waals surface area (Å²) in [6.45, 7) is 5.65. The Balaban J connectivity index is 2.34. The van der Waals surface area contributed by atoms with Crippen LogP contribution < -0.4 is 4.90 Å². The highest BCUT2D eigenvalue weighted by Gasteiger charge is 2.25. The first-order valence-electron chi connectivity index (χ1n) is 7.82. The molecular weight excluding hydrogens is 345 g/mol. The number of hydrogen-bond donors (Lipinski definition) is 1. The van der Waals surface area contributed by atoms with Crippen molar-refractivity contribution >= 4 is 21.3 Å². The van der Waals surface area contributed by atoms with Gasteiger partial charge < -0.3 is 4.90 Å². The average Bonchev–Trinajstić information content (AvgIpc) is 2.88. The number of anilines is 1. The van der Waals surface area contributed by atoms with Gasteiger partial charge in [-0.3, -0.25) is 18.8 Å². The molecule has 1 N–H and O–H groups in total. The smallest absolute Gasteiger partial charge is 0.230 e. The Morgan fingerprint density at radius 2 is 2.16 bits per heavy atom. The molecule has 2 unspecified atom stereocenters. The molecule has 7 nitrogen and oxygen atoms in total. The molecule has 0 saturated heterocycles. The normalized spacial score (nSPS) is 14.8. The van der Waals surface area contributed by atoms with Crippen LogP contribution in [0.4, 0.5) is 10.1 Å². The van der Waals surface area contributed by atoms with E-state index in [1.54, 1.807) is 24.9 Å². The highest BCUT2D eigenvalue weighted by atomic mass is 32.2. The van der Waals surface area contributed by atoms with Crippen molar-refractivity contribution in [3.05, 3.63) is 36.2 Å². The lowest BCUT2D eigenvalue weighted by Gasteiger charge is -2.23. The third-order valence-corrected chi connectivity index (χ3v) is 4.83. The van der Waals surface area contributed by atoms with E-state index in [1.165, 1.54) is 23.2 Å². The molecule has 1 amide bonds. The molecule has 0 aliphatic rings. The van der Waals surface area contributed by atoms with Crippen LogP contribution in [0.1, 0.15) is 19.5 Å². The number of amides is 1. The Hall–Kier alpha value is -2.29. The first-order chi connectivity index (χ1) is 11.6. The van der Waals surface area contributed by atoms with Gasteiger partial charge in [0.1, 0.15) is 5.82 Å². The zero-order valence-electron chi connectivity index (χ0n) is 14.7. The number of rotatable bonds is 6. The van der Waals surface area contributed by atoms with Crippen LogP contribution in [0.5, 0.6) is 0 Å². The van der Waals surface area contributed by atoms with Gasteiger partial charge >= 0.3 is 0 Å². The molecule has 0 aliphatic heterocycles. The zero-order valence-corrected chi connectivity index (χ0v) is 15.5. The lowest BCUT2D eigenvalue weighted by Crippen LogP contribution is -2.37. The van der Waals surface area contributed by atoms with Crippen molar-refractivity contribution in [3.63, 3.8) is 0 Å². The van der Waals surface area contributed by atoms with E-state index in [1.807, 2.05) is 6.92 Å². The Morgan fingerprint density at radius 3 is 2.72 bits per heavy atom. The van der Waals surface area contributed by atoms with Crippen molar-refractivity contribution < 1.29 is 13.4 Å². The summed E-state index contributed by atoms with van der Waals surface area (Å²) in [7, 11) is -2.76. The summed E-state index contributed by atoms with van der Waals surface area (Å²) in [6.07, 6.45) is 5.55. The summed E-state index contributed by atoms with van der Waals surface area (Å²) in [4.78, 5) is 18.1. The standard InChI is InChI=1S/C16H22FN5O2S/c1-5-21(16(23)11(2)10-25(4,18)24)15-9-22(20-12(15)3)14-6-13(17)7-19-8-14/h6-9,11,18H,5,10H2,1-4H3. The second-order valence-electron chi connectivity index (χ2n) is 6.06. The van der Waals surface area contributed by atoms with Crippen LogP contribution in [-0.4, -0.2) is 43.4 Å². The maximum atomic E-state index is 13.4. The number of nitrogens with one attached hydrogen (secondary N) is 1. The molecule has 0 aromatic carbocycles. The van der Waals surface area contributed by atoms with E-state index in [2.05, 4.69) is 10.1 Å². The fraction of sp³-hybridized carbons (Fsp3) is 0.438. The van der Waals surface area contributed by atoms with E-state index in [4.69, 9.17) is 4.78 Å². The van der Waals surface area contributed by atoms with E-state index in [0.717, 1.165) is 6.20 Å². The number of hydrogen-bond acceptors (Lipinski definition) is 5. The zero-order chi connectivity index (χ0) is 18.8. The van der Waals surface area contributed by atoms with E-state index >= 15 is 0 Å². The Kier molecular flexibility index (Phi) is 5.56. The van der Waals surface area contributed by atoms with Crippen LogP contribution in [-0.2, 0) is 14.5 Å². The van der Waals surface area contributed by atoms with Crippen molar-refractivity contribution in [1.82, 2.24) is 14.8 Å². The van der Waals surface area contributed by atoms with Gasteiger partial charge in [0.05, 0.1) is 35.7 Å². The molecule has 0 aliphatic carbocycles. The van der Waals surface area contributed by atoms with E-state index < -0.39 is 21.5 Å². The number of aryl methyl sites for hydroxylation is 1. The highest BCUT2D eigenvalue weighted by molar-refractivity contribution is 7.91. The minimum absolute atomic E-state index is 0.00331. The van der Waals surface area contributed by atoms with Gasteiger partial charge in [-0.25, -0.2) is 9.07 Å². The van der Waals surface area contributed by atoms with Crippen molar-refractivity contribution in [2.75, 3.05) is 23.5 Å².